The first-order chi connectivity index (χ1) is 10.2. The second kappa shape index (κ2) is 6.61. The van der Waals surface area contributed by atoms with Crippen LogP contribution in [0.5, 0.6) is 0 Å². The highest BCUT2D eigenvalue weighted by atomic mass is 16.2. The predicted molar refractivity (Wildman–Crippen MR) is 84.9 cm³/mol. The van der Waals surface area contributed by atoms with Gasteiger partial charge in [0.2, 0.25) is 5.91 Å². The molecule has 0 heterocycles. The molecule has 114 valence electrons. The lowest BCUT2D eigenvalue weighted by molar-refractivity contribution is -0.123. The van der Waals surface area contributed by atoms with Crippen molar-refractivity contribution in [3.8, 4) is 0 Å². The van der Waals surface area contributed by atoms with Gasteiger partial charge in [0.05, 0.1) is 0 Å². The summed E-state index contributed by atoms with van der Waals surface area (Å²) in [5, 5.41) is 6.80. The molecule has 2 aliphatic carbocycles. The minimum Gasteiger partial charge on any atom is -0.352 e. The van der Waals surface area contributed by atoms with E-state index >= 15 is 0 Å². The fourth-order valence-electron chi connectivity index (χ4n) is 3.26. The van der Waals surface area contributed by atoms with Crippen LogP contribution < -0.4 is 10.6 Å². The number of nitrogens with one attached hydrogen (secondary N) is 2. The second-order valence-electron chi connectivity index (χ2n) is 6.66. The van der Waals surface area contributed by atoms with Gasteiger partial charge in [-0.05, 0) is 37.2 Å². The van der Waals surface area contributed by atoms with E-state index in [1.807, 2.05) is 18.2 Å². The normalized spacial score (nSPS) is 27.1. The summed E-state index contributed by atoms with van der Waals surface area (Å²) in [6, 6.07) is 10.8. The van der Waals surface area contributed by atoms with Crippen LogP contribution >= 0.6 is 0 Å². The predicted octanol–water partition coefficient (Wildman–Crippen LogP) is 3.17. The first-order valence-corrected chi connectivity index (χ1v) is 8.35. The summed E-state index contributed by atoms with van der Waals surface area (Å²) in [5.41, 5.74) is 1.08. The van der Waals surface area contributed by atoms with Crippen LogP contribution in [0.4, 0.5) is 0 Å². The minimum absolute atomic E-state index is 0.140. The molecule has 3 nitrogen and oxygen atoms in total. The average Bonchev–Trinajstić information content (AvgIpc) is 3.31. The number of benzene rings is 1. The fraction of sp³-hybridized carbons (Fsp3) is 0.611. The molecule has 0 bridgehead atoms. The summed E-state index contributed by atoms with van der Waals surface area (Å²) in [5.74, 6) is 0.792. The molecule has 0 radical (unpaired) electrons. The Morgan fingerprint density at radius 2 is 1.81 bits per heavy atom. The Kier molecular flexibility index (Phi) is 4.59. The van der Waals surface area contributed by atoms with Gasteiger partial charge in [0, 0.05) is 12.1 Å². The number of amides is 1. The molecule has 2 N–H and O–H groups in total. The van der Waals surface area contributed by atoms with Gasteiger partial charge in [-0.15, -0.1) is 0 Å². The van der Waals surface area contributed by atoms with E-state index in [9.17, 15) is 4.79 Å². The van der Waals surface area contributed by atoms with Crippen LogP contribution in [-0.4, -0.2) is 18.0 Å². The lowest BCUT2D eigenvalue weighted by Gasteiger charge is -2.33. The number of carbonyl (C=O) groups excluding carboxylic acids is 1. The van der Waals surface area contributed by atoms with Crippen molar-refractivity contribution in [2.45, 2.75) is 63.6 Å². The summed E-state index contributed by atoms with van der Waals surface area (Å²) in [7, 11) is 0. The Balaban J connectivity index is 1.73. The summed E-state index contributed by atoms with van der Waals surface area (Å²) in [4.78, 5) is 12.6. The van der Waals surface area contributed by atoms with E-state index in [1.165, 1.54) is 25.7 Å². The third-order valence-electron chi connectivity index (χ3n) is 4.81. The van der Waals surface area contributed by atoms with Gasteiger partial charge in [0.25, 0.3) is 0 Å². The van der Waals surface area contributed by atoms with Crippen molar-refractivity contribution in [3.05, 3.63) is 35.9 Å². The monoisotopic (exact) mass is 286 g/mol. The lowest BCUT2D eigenvalue weighted by Crippen LogP contribution is -2.46. The van der Waals surface area contributed by atoms with Gasteiger partial charge in [-0.2, -0.15) is 0 Å². The van der Waals surface area contributed by atoms with Crippen molar-refractivity contribution < 1.29 is 4.79 Å². The molecule has 1 amide bonds. The van der Waals surface area contributed by atoms with Gasteiger partial charge < -0.3 is 5.32 Å². The molecule has 3 heteroatoms. The molecule has 2 fully saturated rings. The van der Waals surface area contributed by atoms with Crippen molar-refractivity contribution in [3.63, 3.8) is 0 Å². The van der Waals surface area contributed by atoms with Crippen LogP contribution in [0.2, 0.25) is 0 Å². The zero-order valence-corrected chi connectivity index (χ0v) is 12.8. The molecule has 3 atom stereocenters. The Hall–Kier alpha value is -1.35. The van der Waals surface area contributed by atoms with E-state index < -0.39 is 0 Å². The molecule has 0 aliphatic heterocycles. The highest BCUT2D eigenvalue weighted by molar-refractivity contribution is 5.83. The zero-order chi connectivity index (χ0) is 14.7. The van der Waals surface area contributed by atoms with Crippen LogP contribution in [0, 0.1) is 5.92 Å². The SMILES string of the molecule is C[C@@H]1CCCC[C@H]1N[C@H](C(=O)NC1CC1)c1ccccc1. The Morgan fingerprint density at radius 3 is 2.48 bits per heavy atom. The van der Waals surface area contributed by atoms with Crippen LogP contribution in [0.1, 0.15) is 57.1 Å². The summed E-state index contributed by atoms with van der Waals surface area (Å²) >= 11 is 0. The molecule has 2 saturated carbocycles. The van der Waals surface area contributed by atoms with Crippen molar-refractivity contribution in [2.75, 3.05) is 0 Å². The van der Waals surface area contributed by atoms with Crippen molar-refractivity contribution >= 4 is 5.91 Å². The smallest absolute Gasteiger partial charge is 0.241 e. The van der Waals surface area contributed by atoms with Crippen LogP contribution in [0.25, 0.3) is 0 Å². The second-order valence-corrected chi connectivity index (χ2v) is 6.66. The lowest BCUT2D eigenvalue weighted by atomic mass is 9.85. The quantitative estimate of drug-likeness (QED) is 0.873. The molecule has 0 aromatic heterocycles. The Bertz CT molecular complexity index is 469. The van der Waals surface area contributed by atoms with E-state index in [2.05, 4.69) is 29.7 Å². The highest BCUT2D eigenvalue weighted by Crippen LogP contribution is 2.27. The molecular formula is C18H26N2O. The maximum Gasteiger partial charge on any atom is 0.241 e. The molecule has 3 rings (SSSR count). The van der Waals surface area contributed by atoms with Gasteiger partial charge in [0.15, 0.2) is 0 Å². The molecule has 0 spiro atoms. The van der Waals surface area contributed by atoms with Gasteiger partial charge in [-0.25, -0.2) is 0 Å². The van der Waals surface area contributed by atoms with Gasteiger partial charge in [-0.1, -0.05) is 50.1 Å². The molecule has 0 saturated heterocycles. The van der Waals surface area contributed by atoms with E-state index in [-0.39, 0.29) is 11.9 Å². The number of carbonyl (C=O) groups is 1. The van der Waals surface area contributed by atoms with Crippen molar-refractivity contribution in [2.24, 2.45) is 5.92 Å². The number of rotatable bonds is 5. The van der Waals surface area contributed by atoms with Gasteiger partial charge in [-0.3, -0.25) is 10.1 Å². The van der Waals surface area contributed by atoms with E-state index in [0.717, 1.165) is 18.4 Å². The molecule has 0 unspecified atom stereocenters. The molecule has 2 aliphatic rings. The first-order valence-electron chi connectivity index (χ1n) is 8.35. The Labute approximate surface area is 127 Å². The highest BCUT2D eigenvalue weighted by Gasteiger charge is 2.31. The summed E-state index contributed by atoms with van der Waals surface area (Å²) in [6.07, 6.45) is 7.31. The van der Waals surface area contributed by atoms with Crippen LogP contribution in [0.3, 0.4) is 0 Å². The third kappa shape index (κ3) is 3.85. The summed E-state index contributed by atoms with van der Waals surface area (Å²) < 4.78 is 0. The molecule has 1 aromatic rings. The molecule has 21 heavy (non-hydrogen) atoms. The van der Waals surface area contributed by atoms with E-state index in [1.54, 1.807) is 0 Å². The first kappa shape index (κ1) is 14.6. The van der Waals surface area contributed by atoms with Crippen molar-refractivity contribution in [1.82, 2.24) is 10.6 Å². The third-order valence-corrected chi connectivity index (χ3v) is 4.81. The van der Waals surface area contributed by atoms with Gasteiger partial charge >= 0.3 is 0 Å². The maximum atomic E-state index is 12.6. The standard InChI is InChI=1S/C18H26N2O/c1-13-7-5-6-10-16(13)20-17(14-8-3-2-4-9-14)18(21)19-15-11-12-15/h2-4,8-9,13,15-17,20H,5-7,10-12H2,1H3,(H,19,21)/t13-,16-,17+/m1/s1. The number of hydrogen-bond acceptors (Lipinski definition) is 2. The summed E-state index contributed by atoms with van der Waals surface area (Å²) in [6.45, 7) is 2.30. The average molecular weight is 286 g/mol. The number of hydrogen-bond donors (Lipinski definition) is 2. The van der Waals surface area contributed by atoms with Gasteiger partial charge in [0.1, 0.15) is 6.04 Å². The zero-order valence-electron chi connectivity index (χ0n) is 12.8. The largest absolute Gasteiger partial charge is 0.352 e. The minimum atomic E-state index is -0.211. The van der Waals surface area contributed by atoms with E-state index in [0.29, 0.717) is 18.0 Å². The fourth-order valence-corrected chi connectivity index (χ4v) is 3.26. The van der Waals surface area contributed by atoms with Crippen molar-refractivity contribution in [1.29, 1.82) is 0 Å². The van der Waals surface area contributed by atoms with Crippen LogP contribution in [-0.2, 0) is 4.79 Å². The topological polar surface area (TPSA) is 41.1 Å². The molecular weight excluding hydrogens is 260 g/mol. The van der Waals surface area contributed by atoms with Crippen LogP contribution in [0.15, 0.2) is 30.3 Å². The maximum absolute atomic E-state index is 12.6. The molecule has 1 aromatic carbocycles. The Morgan fingerprint density at radius 1 is 1.10 bits per heavy atom. The van der Waals surface area contributed by atoms with E-state index in [4.69, 9.17) is 0 Å².